The number of hydrogen-bond acceptors (Lipinski definition) is 5. The Morgan fingerprint density at radius 3 is 2.23 bits per heavy atom. The van der Waals surface area contributed by atoms with Gasteiger partial charge in [-0.25, -0.2) is 4.79 Å². The number of amides is 3. The van der Waals surface area contributed by atoms with Crippen molar-refractivity contribution in [2.75, 3.05) is 26.2 Å². The van der Waals surface area contributed by atoms with Crippen molar-refractivity contribution >= 4 is 17.9 Å². The van der Waals surface area contributed by atoms with Gasteiger partial charge in [-0.1, -0.05) is 90.5 Å². The van der Waals surface area contributed by atoms with Crippen LogP contribution < -0.4 is 10.6 Å². The minimum Gasteiger partial charge on any atom is -0.445 e. The van der Waals surface area contributed by atoms with E-state index in [0.29, 0.717) is 38.8 Å². The number of hydrogen-bond donors (Lipinski definition) is 2. The first-order chi connectivity index (χ1) is 20.9. The van der Waals surface area contributed by atoms with E-state index in [1.165, 1.54) is 5.56 Å². The first-order valence-electron chi connectivity index (χ1n) is 15.3. The van der Waals surface area contributed by atoms with Crippen LogP contribution in [0.25, 0.3) is 0 Å². The quantitative estimate of drug-likeness (QED) is 0.323. The summed E-state index contributed by atoms with van der Waals surface area (Å²) >= 11 is 0. The predicted octanol–water partition coefficient (Wildman–Crippen LogP) is 4.61. The molecule has 0 radical (unpaired) electrons. The summed E-state index contributed by atoms with van der Waals surface area (Å²) in [6, 6.07) is 27.5. The van der Waals surface area contributed by atoms with Gasteiger partial charge in [0.05, 0.1) is 0 Å². The lowest BCUT2D eigenvalue weighted by Crippen LogP contribution is -2.72. The number of aryl methyl sites for hydroxylation is 1. The largest absolute Gasteiger partial charge is 0.445 e. The van der Waals surface area contributed by atoms with Crippen LogP contribution in [0, 0.1) is 6.92 Å². The van der Waals surface area contributed by atoms with E-state index in [1.807, 2.05) is 72.5 Å². The molecule has 0 aliphatic carbocycles. The second-order valence-corrected chi connectivity index (χ2v) is 11.7. The summed E-state index contributed by atoms with van der Waals surface area (Å²) in [4.78, 5) is 44.2. The van der Waals surface area contributed by atoms with Crippen molar-refractivity contribution < 1.29 is 19.1 Å². The summed E-state index contributed by atoms with van der Waals surface area (Å²) in [6.07, 6.45) is 2.64. The van der Waals surface area contributed by atoms with Crippen molar-refractivity contribution in [1.82, 2.24) is 20.4 Å². The Kier molecular flexibility index (Phi) is 10.1. The number of likely N-dealkylation sites (tertiary alicyclic amines) is 1. The molecule has 2 heterocycles. The molecule has 0 saturated carbocycles. The number of nitrogens with zero attached hydrogens (tertiary/aromatic N) is 2. The summed E-state index contributed by atoms with van der Waals surface area (Å²) in [6.45, 7) is 5.44. The zero-order chi connectivity index (χ0) is 30.1. The van der Waals surface area contributed by atoms with Crippen LogP contribution in [0.15, 0.2) is 84.9 Å². The minimum atomic E-state index is -0.860. The lowest BCUT2D eigenvalue weighted by atomic mass is 9.81. The van der Waals surface area contributed by atoms with Crippen molar-refractivity contribution in [3.8, 4) is 0 Å². The predicted molar refractivity (Wildman–Crippen MR) is 166 cm³/mol. The minimum absolute atomic E-state index is 0.0513. The Bertz CT molecular complexity index is 1360. The molecule has 226 valence electrons. The van der Waals surface area contributed by atoms with Crippen molar-refractivity contribution in [2.24, 2.45) is 0 Å². The number of benzene rings is 3. The zero-order valence-electron chi connectivity index (χ0n) is 25.0. The summed E-state index contributed by atoms with van der Waals surface area (Å²) in [5.74, 6) is -0.119. The van der Waals surface area contributed by atoms with Crippen LogP contribution in [0.1, 0.15) is 47.9 Å². The lowest BCUT2D eigenvalue weighted by Gasteiger charge is -2.51. The second kappa shape index (κ2) is 14.3. The highest BCUT2D eigenvalue weighted by Crippen LogP contribution is 2.35. The summed E-state index contributed by atoms with van der Waals surface area (Å²) in [7, 11) is 0. The van der Waals surface area contributed by atoms with Crippen LogP contribution in [0.3, 0.4) is 0 Å². The van der Waals surface area contributed by atoms with Gasteiger partial charge in [-0.05, 0) is 55.7 Å². The van der Waals surface area contributed by atoms with Gasteiger partial charge in [0.25, 0.3) is 0 Å². The van der Waals surface area contributed by atoms with Gasteiger partial charge >= 0.3 is 6.09 Å². The van der Waals surface area contributed by atoms with Gasteiger partial charge in [-0.2, -0.15) is 0 Å². The van der Waals surface area contributed by atoms with Gasteiger partial charge in [0.2, 0.25) is 11.8 Å². The van der Waals surface area contributed by atoms with Crippen LogP contribution in [0.5, 0.6) is 0 Å². The standard InChI is InChI=1S/C35H42N4O4/c1-27-14-16-29(17-15-27)25-39-32(40)31(13-8-21-36-34(42)43-26-30-11-6-3-7-12-30)37-33(41)35(39)19-23-38(24-20-35)22-18-28-9-4-2-5-10-28/h2-7,9-12,14-17,31H,8,13,18-26H2,1H3,(H,36,42)(H,37,41)/t31-/m0/s1. The molecular formula is C35H42N4O4. The van der Waals surface area contributed by atoms with Crippen molar-refractivity contribution in [3.63, 3.8) is 0 Å². The first-order valence-corrected chi connectivity index (χ1v) is 15.3. The van der Waals surface area contributed by atoms with E-state index in [0.717, 1.165) is 42.7 Å². The topological polar surface area (TPSA) is 91.0 Å². The molecule has 3 aromatic rings. The fourth-order valence-corrected chi connectivity index (χ4v) is 6.02. The Hall–Kier alpha value is -4.17. The molecule has 43 heavy (non-hydrogen) atoms. The number of carbonyl (C=O) groups is 3. The van der Waals surface area contributed by atoms with Crippen LogP contribution in [0.2, 0.25) is 0 Å². The molecular weight excluding hydrogens is 540 g/mol. The molecule has 8 heteroatoms. The molecule has 0 aromatic heterocycles. The highest BCUT2D eigenvalue weighted by atomic mass is 16.5. The zero-order valence-corrected chi connectivity index (χ0v) is 25.0. The van der Waals surface area contributed by atoms with Gasteiger partial charge < -0.3 is 25.2 Å². The average molecular weight is 583 g/mol. The summed E-state index contributed by atoms with van der Waals surface area (Å²) < 4.78 is 5.28. The number of nitrogens with one attached hydrogen (secondary N) is 2. The van der Waals surface area contributed by atoms with Crippen molar-refractivity contribution in [3.05, 3.63) is 107 Å². The molecule has 3 amide bonds. The SMILES string of the molecule is Cc1ccc(CN2C(=O)[C@H](CCCNC(=O)OCc3ccccc3)NC(=O)C23CCN(CCc2ccccc2)CC3)cc1. The third kappa shape index (κ3) is 7.82. The van der Waals surface area contributed by atoms with Gasteiger partial charge in [0, 0.05) is 32.7 Å². The molecule has 5 rings (SSSR count). The van der Waals surface area contributed by atoms with Gasteiger partial charge in [0.15, 0.2) is 0 Å². The van der Waals surface area contributed by atoms with Gasteiger partial charge in [-0.15, -0.1) is 0 Å². The van der Waals surface area contributed by atoms with Crippen LogP contribution >= 0.6 is 0 Å². The van der Waals surface area contributed by atoms with E-state index in [9.17, 15) is 14.4 Å². The first kappa shape index (κ1) is 30.3. The Morgan fingerprint density at radius 1 is 0.907 bits per heavy atom. The number of carbonyl (C=O) groups excluding carboxylic acids is 3. The van der Waals surface area contributed by atoms with Gasteiger partial charge in [-0.3, -0.25) is 9.59 Å². The summed E-state index contributed by atoms with van der Waals surface area (Å²) in [5, 5.41) is 5.82. The number of ether oxygens (including phenoxy) is 1. The van der Waals surface area contributed by atoms with Gasteiger partial charge in [0.1, 0.15) is 18.2 Å². The molecule has 2 saturated heterocycles. The third-order valence-corrected chi connectivity index (χ3v) is 8.66. The van der Waals surface area contributed by atoms with Crippen molar-refractivity contribution in [1.29, 1.82) is 0 Å². The molecule has 1 spiro atoms. The molecule has 2 fully saturated rings. The molecule has 2 aliphatic rings. The molecule has 3 aromatic carbocycles. The second-order valence-electron chi connectivity index (χ2n) is 11.7. The highest BCUT2D eigenvalue weighted by Gasteiger charge is 2.53. The number of piperidine rings is 1. The maximum atomic E-state index is 14.0. The van der Waals surface area contributed by atoms with E-state index in [4.69, 9.17) is 4.74 Å². The molecule has 0 bridgehead atoms. The normalized spacial score (nSPS) is 18.3. The molecule has 2 N–H and O–H groups in total. The van der Waals surface area contributed by atoms with E-state index in [1.54, 1.807) is 0 Å². The van der Waals surface area contributed by atoms with E-state index in [2.05, 4.69) is 39.8 Å². The lowest BCUT2D eigenvalue weighted by molar-refractivity contribution is -0.162. The van der Waals surface area contributed by atoms with Crippen LogP contribution in [0.4, 0.5) is 4.79 Å². The summed E-state index contributed by atoms with van der Waals surface area (Å²) in [5.41, 5.74) is 3.52. The molecule has 8 nitrogen and oxygen atoms in total. The molecule has 1 atom stereocenters. The Morgan fingerprint density at radius 2 is 1.56 bits per heavy atom. The Balaban J connectivity index is 1.18. The highest BCUT2D eigenvalue weighted by molar-refractivity contribution is 6.00. The average Bonchev–Trinajstić information content (AvgIpc) is 3.04. The van der Waals surface area contributed by atoms with Crippen molar-refractivity contribution in [2.45, 2.75) is 63.8 Å². The molecule has 0 unspecified atom stereocenters. The smallest absolute Gasteiger partial charge is 0.407 e. The molecule has 2 aliphatic heterocycles. The fraction of sp³-hybridized carbons (Fsp3) is 0.400. The van der Waals surface area contributed by atoms with E-state index < -0.39 is 17.7 Å². The third-order valence-electron chi connectivity index (χ3n) is 8.66. The van der Waals surface area contributed by atoms with E-state index >= 15 is 0 Å². The van der Waals surface area contributed by atoms with Crippen LogP contribution in [-0.2, 0) is 33.9 Å². The maximum absolute atomic E-state index is 14.0. The van der Waals surface area contributed by atoms with Crippen LogP contribution in [-0.4, -0.2) is 65.5 Å². The number of rotatable bonds is 11. The van der Waals surface area contributed by atoms with E-state index in [-0.39, 0.29) is 18.4 Å². The fourth-order valence-electron chi connectivity index (χ4n) is 6.02. The monoisotopic (exact) mass is 582 g/mol. The number of piperazine rings is 1. The maximum Gasteiger partial charge on any atom is 0.407 e. The Labute approximate surface area is 254 Å². The number of alkyl carbamates (subject to hydrolysis) is 1.